The summed E-state index contributed by atoms with van der Waals surface area (Å²) in [5.74, 6) is 1.12. The van der Waals surface area contributed by atoms with Gasteiger partial charge in [0, 0.05) is 35.2 Å². The molecule has 2 atom stereocenters. The van der Waals surface area contributed by atoms with Crippen LogP contribution in [-0.2, 0) is 30.7 Å². The zero-order valence-electron chi connectivity index (χ0n) is 62.2. The van der Waals surface area contributed by atoms with Crippen LogP contribution in [-0.4, -0.2) is 76.9 Å². The molecule has 20 heteroatoms. The number of H-pyrrole nitrogens is 3. The van der Waals surface area contributed by atoms with Crippen LogP contribution in [0.2, 0.25) is 0 Å². The van der Waals surface area contributed by atoms with Crippen LogP contribution in [0.3, 0.4) is 0 Å². The molecular formula is C75H105N15O5. The van der Waals surface area contributed by atoms with Crippen LogP contribution in [0.5, 0.6) is 0 Å². The maximum Gasteiger partial charge on any atom is 0.276 e. The van der Waals surface area contributed by atoms with Crippen molar-refractivity contribution in [3.8, 4) is 33.4 Å². The van der Waals surface area contributed by atoms with E-state index in [9.17, 15) is 24.0 Å². The van der Waals surface area contributed by atoms with Crippen molar-refractivity contribution in [1.82, 2.24) is 39.4 Å². The van der Waals surface area contributed by atoms with Gasteiger partial charge < -0.3 is 28.7 Å². The minimum Gasteiger partial charge on any atom is -0.385 e. The maximum atomic E-state index is 12.3. The molecule has 5 heterocycles. The lowest BCUT2D eigenvalue weighted by Crippen LogP contribution is -2.28. The summed E-state index contributed by atoms with van der Waals surface area (Å²) in [4.78, 5) is 61.3. The van der Waals surface area contributed by atoms with Crippen molar-refractivity contribution in [2.24, 2.45) is 42.8 Å². The molecule has 0 radical (unpaired) electrons. The van der Waals surface area contributed by atoms with Gasteiger partial charge in [-0.25, -0.2) is 10.0 Å². The highest BCUT2D eigenvalue weighted by Gasteiger charge is 2.38. The van der Waals surface area contributed by atoms with Gasteiger partial charge in [0.15, 0.2) is 0 Å². The van der Waals surface area contributed by atoms with Crippen LogP contribution in [0.4, 0.5) is 17.5 Å². The Morgan fingerprint density at radius 3 is 0.547 bits per heavy atom. The zero-order chi connectivity index (χ0) is 72.4. The average molecular weight is 1300 g/mol. The van der Waals surface area contributed by atoms with Gasteiger partial charge in [-0.3, -0.25) is 53.3 Å². The third-order valence-corrected chi connectivity index (χ3v) is 21.9. The van der Waals surface area contributed by atoms with Crippen LogP contribution in [0.15, 0.2) is 24.6 Å². The van der Waals surface area contributed by atoms with Crippen LogP contribution in [0.1, 0.15) is 162 Å². The van der Waals surface area contributed by atoms with Gasteiger partial charge in [0.2, 0.25) is 0 Å². The van der Waals surface area contributed by atoms with Crippen LogP contribution < -0.4 is 45.3 Å². The van der Waals surface area contributed by atoms with Crippen molar-refractivity contribution in [1.29, 1.82) is 0 Å². The smallest absolute Gasteiger partial charge is 0.276 e. The number of aromatic amines is 3. The van der Waals surface area contributed by atoms with Crippen molar-refractivity contribution in [3.63, 3.8) is 0 Å². The van der Waals surface area contributed by atoms with Gasteiger partial charge >= 0.3 is 0 Å². The standard InChI is InChI=1S/5C15H21N3O/c5*1-7-8(2)10(4)12(11(5)9(7)3)13-14(16)17-18(6)15(13)19/h3*17H,16H2,1-6H3;2*13H,1-6H3,(H2,16,17). The van der Waals surface area contributed by atoms with Gasteiger partial charge in [-0.2, -0.15) is 10.2 Å². The number of aromatic nitrogens is 6. The number of aryl methyl sites for hydroxylation is 3. The number of amidine groups is 2. The Hall–Kier alpha value is -9.59. The molecule has 8 aromatic rings. The molecule has 0 fully saturated rings. The number of anilines is 3. The molecule has 510 valence electrons. The van der Waals surface area contributed by atoms with E-state index in [2.05, 4.69) is 199 Å². The molecule has 0 saturated heterocycles. The number of nitrogens with zero attached hydrogens (tertiary/aromatic N) is 7. The molecule has 2 amide bonds. The first kappa shape index (κ1) is 74.4. The zero-order valence-corrected chi connectivity index (χ0v) is 62.2. The number of hydrogen-bond acceptors (Lipinski definition) is 12. The molecule has 0 saturated carbocycles. The lowest BCUT2D eigenvalue weighted by molar-refractivity contribution is -0.129. The largest absolute Gasteiger partial charge is 0.385 e. The molecule has 0 bridgehead atoms. The third kappa shape index (κ3) is 12.9. The molecule has 0 spiro atoms. The third-order valence-electron chi connectivity index (χ3n) is 21.9. The Balaban J connectivity index is 0.000000188. The molecule has 10 rings (SSSR count). The highest BCUT2D eigenvalue weighted by Crippen LogP contribution is 2.40. The predicted molar refractivity (Wildman–Crippen MR) is 393 cm³/mol. The number of nitrogen functional groups attached to an aromatic ring is 3. The van der Waals surface area contributed by atoms with Crippen LogP contribution in [0, 0.1) is 173 Å². The van der Waals surface area contributed by atoms with E-state index in [1.807, 2.05) is 0 Å². The minimum atomic E-state index is -0.428. The van der Waals surface area contributed by atoms with E-state index in [-0.39, 0.29) is 28.5 Å². The van der Waals surface area contributed by atoms with Crippen LogP contribution in [0.25, 0.3) is 33.4 Å². The highest BCUT2D eigenvalue weighted by molar-refractivity contribution is 6.12. The van der Waals surface area contributed by atoms with Crippen molar-refractivity contribution in [3.05, 3.63) is 181 Å². The first-order valence-electron chi connectivity index (χ1n) is 32.1. The second-order valence-electron chi connectivity index (χ2n) is 26.5. The lowest BCUT2D eigenvalue weighted by Gasteiger charge is -2.22. The van der Waals surface area contributed by atoms with E-state index < -0.39 is 11.8 Å². The van der Waals surface area contributed by atoms with Gasteiger partial charge in [0.1, 0.15) is 41.0 Å². The summed E-state index contributed by atoms with van der Waals surface area (Å²) in [6.45, 7) is 52.1. The van der Waals surface area contributed by atoms with Gasteiger partial charge in [0.25, 0.3) is 28.5 Å². The Kier molecular flexibility index (Phi) is 21.8. The summed E-state index contributed by atoms with van der Waals surface area (Å²) < 4.78 is 4.27. The molecule has 20 nitrogen and oxygen atoms in total. The van der Waals surface area contributed by atoms with Crippen molar-refractivity contribution in [2.45, 2.75) is 185 Å². The number of carbonyl (C=O) groups excluding carboxylic acids is 2. The minimum absolute atomic E-state index is 0.0497. The summed E-state index contributed by atoms with van der Waals surface area (Å²) in [6.07, 6.45) is 0. The SMILES string of the molecule is Cc1c(C)c(C)c(-c2c(N)[nH]n(C)c2=O)c(C)c1C.Cc1c(C)c(C)c(-c2c(N)[nH]n(C)c2=O)c(C)c1C.Cc1c(C)c(C)c(-c2c(N)[nH]n(C)c2=O)c(C)c1C.Cc1c(C)c(C)c(C2C(=O)N(C)N=C2N)c(C)c1C.Cc1c(C)c(C)c(C2C(=O)N(C)N=C2N)c(C)c1C. The summed E-state index contributed by atoms with van der Waals surface area (Å²) >= 11 is 0. The predicted octanol–water partition coefficient (Wildman–Crippen LogP) is 11.6. The Bertz CT molecular complexity index is 4180. The first-order valence-corrected chi connectivity index (χ1v) is 32.1. The molecule has 2 aliphatic heterocycles. The summed E-state index contributed by atoms with van der Waals surface area (Å²) in [6, 6.07) is 0. The monoisotopic (exact) mass is 1300 g/mol. The fourth-order valence-corrected chi connectivity index (χ4v) is 13.7. The average Bonchev–Trinajstić information content (AvgIpc) is 1.77. The molecule has 0 aliphatic carbocycles. The molecule has 2 aliphatic rings. The molecule has 95 heavy (non-hydrogen) atoms. The highest BCUT2D eigenvalue weighted by atomic mass is 16.2. The second-order valence-corrected chi connectivity index (χ2v) is 26.5. The first-order chi connectivity index (χ1) is 43.8. The molecule has 5 aromatic carbocycles. The quantitative estimate of drug-likeness (QED) is 0.0805. The molecular weight excluding hydrogens is 1190 g/mol. The Morgan fingerprint density at radius 2 is 0.411 bits per heavy atom. The number of carbonyl (C=O) groups is 2. The Labute approximate surface area is 561 Å². The molecule has 3 aromatic heterocycles. The van der Waals surface area contributed by atoms with Gasteiger partial charge in [0.05, 0.1) is 16.7 Å². The van der Waals surface area contributed by atoms with Gasteiger partial charge in [-0.05, 0) is 340 Å². The maximum absolute atomic E-state index is 12.3. The van der Waals surface area contributed by atoms with Crippen molar-refractivity contribution in [2.75, 3.05) is 31.3 Å². The van der Waals surface area contributed by atoms with E-state index in [1.54, 1.807) is 35.2 Å². The Morgan fingerprint density at radius 1 is 0.253 bits per heavy atom. The second kappa shape index (κ2) is 27.8. The molecule has 13 N–H and O–H groups in total. The molecule has 2 unspecified atom stereocenters. The summed E-state index contributed by atoms with van der Waals surface area (Å²) in [5, 5.41) is 19.4. The number of nitrogens with two attached hydrogens (primary N) is 5. The normalized spacial score (nSPS) is 14.3. The number of amides is 2. The van der Waals surface area contributed by atoms with E-state index in [4.69, 9.17) is 28.7 Å². The summed E-state index contributed by atoms with van der Waals surface area (Å²) in [5.41, 5.74) is 66.4. The number of likely N-dealkylation sites (N-methyl/N-ethyl adjacent to an activating group) is 2. The number of rotatable bonds is 5. The van der Waals surface area contributed by atoms with Gasteiger partial charge in [-0.15, -0.1) is 0 Å². The number of nitrogens with one attached hydrogen (secondary N) is 3. The fourth-order valence-electron chi connectivity index (χ4n) is 13.7. The lowest BCUT2D eigenvalue weighted by atomic mass is 9.83. The van der Waals surface area contributed by atoms with Crippen molar-refractivity contribution < 1.29 is 9.59 Å². The number of hydrogen-bond donors (Lipinski definition) is 8. The van der Waals surface area contributed by atoms with E-state index in [0.717, 1.165) is 83.5 Å². The van der Waals surface area contributed by atoms with E-state index in [0.29, 0.717) is 45.8 Å². The van der Waals surface area contributed by atoms with Crippen LogP contribution >= 0.6 is 0 Å². The fraction of sp³-hybridized carbons (Fsp3) is 0.427. The summed E-state index contributed by atoms with van der Waals surface area (Å²) in [7, 11) is 8.34. The number of hydrazone groups is 2. The topological polar surface area (TPSA) is 309 Å². The van der Waals surface area contributed by atoms with Crippen molar-refractivity contribution >= 4 is 40.9 Å². The van der Waals surface area contributed by atoms with E-state index >= 15 is 0 Å². The van der Waals surface area contributed by atoms with Gasteiger partial charge in [-0.1, -0.05) is 0 Å². The number of benzene rings is 5. The van der Waals surface area contributed by atoms with E-state index in [1.165, 1.54) is 108 Å².